The highest BCUT2D eigenvalue weighted by molar-refractivity contribution is 5.78. The fraction of sp³-hybridized carbons (Fsp3) is 0.550. The monoisotopic (exact) mass is 313 g/mol. The number of allylic oxidation sites excluding steroid dienone is 1. The van der Waals surface area contributed by atoms with Gasteiger partial charge in [-0.25, -0.2) is 4.39 Å². The summed E-state index contributed by atoms with van der Waals surface area (Å²) in [5.74, 6) is 0.843. The lowest BCUT2D eigenvalue weighted by molar-refractivity contribution is -0.134. The number of aryl methyl sites for hydroxylation is 1. The van der Waals surface area contributed by atoms with Crippen molar-refractivity contribution in [3.8, 4) is 0 Å². The van der Waals surface area contributed by atoms with Crippen molar-refractivity contribution in [3.63, 3.8) is 0 Å². The number of amides is 1. The Morgan fingerprint density at radius 1 is 1.13 bits per heavy atom. The predicted octanol–water partition coefficient (Wildman–Crippen LogP) is 4.25. The topological polar surface area (TPSA) is 20.3 Å². The van der Waals surface area contributed by atoms with Crippen LogP contribution in [0.15, 0.2) is 35.9 Å². The van der Waals surface area contributed by atoms with E-state index in [1.54, 1.807) is 17.7 Å². The van der Waals surface area contributed by atoms with Crippen LogP contribution in [0.2, 0.25) is 0 Å². The fourth-order valence-electron chi connectivity index (χ4n) is 4.26. The molecule has 2 nitrogen and oxygen atoms in total. The zero-order valence-electron chi connectivity index (χ0n) is 13.5. The van der Waals surface area contributed by atoms with Crippen LogP contribution in [0, 0.1) is 11.7 Å². The minimum atomic E-state index is -0.198. The second-order valence-electron chi connectivity index (χ2n) is 7.35. The zero-order chi connectivity index (χ0) is 15.8. The van der Waals surface area contributed by atoms with Crippen molar-refractivity contribution >= 4 is 5.91 Å². The SMILES string of the molecule is O=C(CCc1ccccc1F)N1C2CCC1CC(=CC1CC1)C2. The van der Waals surface area contributed by atoms with Crippen LogP contribution < -0.4 is 0 Å². The van der Waals surface area contributed by atoms with Crippen LogP contribution in [0.3, 0.4) is 0 Å². The molecule has 4 rings (SSSR count). The quantitative estimate of drug-likeness (QED) is 0.761. The maximum atomic E-state index is 13.7. The number of hydrogen-bond acceptors (Lipinski definition) is 1. The van der Waals surface area contributed by atoms with Crippen molar-refractivity contribution in [1.29, 1.82) is 0 Å². The molecular weight excluding hydrogens is 289 g/mol. The standard InChI is InChI=1S/C20H24FNO/c21-19-4-2-1-3-16(19)7-10-20(23)22-17-8-9-18(22)13-15(12-17)11-14-5-6-14/h1-4,11,14,17-18H,5-10,12-13H2. The van der Waals surface area contributed by atoms with Gasteiger partial charge in [0.2, 0.25) is 5.91 Å². The largest absolute Gasteiger partial charge is 0.336 e. The Kier molecular flexibility index (Phi) is 3.96. The van der Waals surface area contributed by atoms with E-state index < -0.39 is 0 Å². The molecule has 2 unspecified atom stereocenters. The van der Waals surface area contributed by atoms with Crippen LogP contribution >= 0.6 is 0 Å². The van der Waals surface area contributed by atoms with Gasteiger partial charge >= 0.3 is 0 Å². The molecule has 1 aromatic carbocycles. The number of benzene rings is 1. The van der Waals surface area contributed by atoms with Gasteiger partial charge in [-0.15, -0.1) is 0 Å². The van der Waals surface area contributed by atoms with Gasteiger partial charge in [0.25, 0.3) is 0 Å². The van der Waals surface area contributed by atoms with E-state index in [2.05, 4.69) is 11.0 Å². The summed E-state index contributed by atoms with van der Waals surface area (Å²) in [6, 6.07) is 7.57. The van der Waals surface area contributed by atoms with Gasteiger partial charge in [-0.2, -0.15) is 0 Å². The van der Waals surface area contributed by atoms with Gasteiger partial charge in [0.05, 0.1) is 0 Å². The maximum Gasteiger partial charge on any atom is 0.223 e. The minimum Gasteiger partial charge on any atom is -0.336 e. The van der Waals surface area contributed by atoms with Crippen LogP contribution in [-0.4, -0.2) is 22.9 Å². The second kappa shape index (κ2) is 6.10. The Morgan fingerprint density at radius 2 is 1.83 bits per heavy atom. The van der Waals surface area contributed by atoms with Gasteiger partial charge < -0.3 is 4.90 Å². The Hall–Kier alpha value is -1.64. The summed E-state index contributed by atoms with van der Waals surface area (Å²) in [7, 11) is 0. The van der Waals surface area contributed by atoms with Gasteiger partial charge in [0.1, 0.15) is 5.82 Å². The summed E-state index contributed by atoms with van der Waals surface area (Å²) in [4.78, 5) is 14.8. The first-order valence-electron chi connectivity index (χ1n) is 8.95. The number of hydrogen-bond donors (Lipinski definition) is 0. The Balaban J connectivity index is 1.38. The van der Waals surface area contributed by atoms with Gasteiger partial charge in [-0.05, 0) is 62.5 Å². The molecule has 23 heavy (non-hydrogen) atoms. The van der Waals surface area contributed by atoms with E-state index in [4.69, 9.17) is 0 Å². The third-order valence-electron chi connectivity index (χ3n) is 5.56. The molecule has 3 aliphatic rings. The van der Waals surface area contributed by atoms with Gasteiger partial charge in [0.15, 0.2) is 0 Å². The Labute approximate surface area is 137 Å². The van der Waals surface area contributed by atoms with Crippen LogP contribution in [-0.2, 0) is 11.2 Å². The Morgan fingerprint density at radius 3 is 2.48 bits per heavy atom. The molecule has 1 amide bonds. The molecule has 2 heterocycles. The van der Waals surface area contributed by atoms with E-state index in [0.717, 1.165) is 31.6 Å². The van der Waals surface area contributed by atoms with Gasteiger partial charge in [-0.1, -0.05) is 29.8 Å². The molecule has 2 bridgehead atoms. The van der Waals surface area contributed by atoms with Crippen molar-refractivity contribution < 1.29 is 9.18 Å². The van der Waals surface area contributed by atoms with Crippen LogP contribution in [0.1, 0.15) is 50.5 Å². The number of fused-ring (bicyclic) bond motifs is 2. The van der Waals surface area contributed by atoms with Gasteiger partial charge in [0, 0.05) is 18.5 Å². The molecule has 122 valence electrons. The van der Waals surface area contributed by atoms with Crippen LogP contribution in [0.4, 0.5) is 4.39 Å². The number of carbonyl (C=O) groups is 1. The smallest absolute Gasteiger partial charge is 0.223 e. The minimum absolute atomic E-state index is 0.198. The lowest BCUT2D eigenvalue weighted by atomic mass is 9.94. The van der Waals surface area contributed by atoms with Crippen LogP contribution in [0.25, 0.3) is 0 Å². The van der Waals surface area contributed by atoms with E-state index >= 15 is 0 Å². The van der Waals surface area contributed by atoms with E-state index in [9.17, 15) is 9.18 Å². The highest BCUT2D eigenvalue weighted by atomic mass is 19.1. The van der Waals surface area contributed by atoms with Crippen molar-refractivity contribution in [2.45, 2.75) is 63.5 Å². The molecule has 3 fully saturated rings. The van der Waals surface area contributed by atoms with E-state index in [1.807, 2.05) is 6.07 Å². The molecule has 1 saturated carbocycles. The molecule has 0 aromatic heterocycles. The molecule has 0 spiro atoms. The zero-order valence-corrected chi connectivity index (χ0v) is 13.5. The normalized spacial score (nSPS) is 26.5. The van der Waals surface area contributed by atoms with Gasteiger partial charge in [-0.3, -0.25) is 4.79 Å². The first-order valence-corrected chi connectivity index (χ1v) is 8.95. The molecule has 2 aliphatic heterocycles. The summed E-state index contributed by atoms with van der Waals surface area (Å²) in [6.45, 7) is 0. The number of piperidine rings is 1. The number of nitrogens with zero attached hydrogens (tertiary/aromatic N) is 1. The van der Waals surface area contributed by atoms with Crippen molar-refractivity contribution in [2.75, 3.05) is 0 Å². The molecule has 2 saturated heterocycles. The Bertz CT molecular complexity index is 618. The first-order chi connectivity index (χ1) is 11.2. The number of halogens is 1. The third-order valence-corrected chi connectivity index (χ3v) is 5.56. The highest BCUT2D eigenvalue weighted by Crippen LogP contribution is 2.41. The summed E-state index contributed by atoms with van der Waals surface area (Å²) in [5.41, 5.74) is 2.23. The summed E-state index contributed by atoms with van der Waals surface area (Å²) < 4.78 is 13.7. The summed E-state index contributed by atoms with van der Waals surface area (Å²) >= 11 is 0. The number of carbonyl (C=O) groups excluding carboxylic acids is 1. The average Bonchev–Trinajstić information content (AvgIpc) is 3.31. The van der Waals surface area contributed by atoms with E-state index in [0.29, 0.717) is 30.5 Å². The molecule has 3 heteroatoms. The second-order valence-corrected chi connectivity index (χ2v) is 7.35. The fourth-order valence-corrected chi connectivity index (χ4v) is 4.26. The average molecular weight is 313 g/mol. The summed E-state index contributed by atoms with van der Waals surface area (Å²) in [6.07, 6.45) is 10.5. The predicted molar refractivity (Wildman–Crippen MR) is 88.4 cm³/mol. The number of rotatable bonds is 4. The highest BCUT2D eigenvalue weighted by Gasteiger charge is 2.41. The molecular formula is C20H24FNO. The lowest BCUT2D eigenvalue weighted by Gasteiger charge is -2.36. The summed E-state index contributed by atoms with van der Waals surface area (Å²) in [5, 5.41) is 0. The third kappa shape index (κ3) is 3.19. The van der Waals surface area contributed by atoms with Crippen LogP contribution in [0.5, 0.6) is 0 Å². The van der Waals surface area contributed by atoms with E-state index in [1.165, 1.54) is 18.9 Å². The maximum absolute atomic E-state index is 13.7. The van der Waals surface area contributed by atoms with Crippen molar-refractivity contribution in [2.24, 2.45) is 5.92 Å². The van der Waals surface area contributed by atoms with Crippen molar-refractivity contribution in [1.82, 2.24) is 4.90 Å². The van der Waals surface area contributed by atoms with E-state index in [-0.39, 0.29) is 11.7 Å². The first kappa shape index (κ1) is 14.9. The molecule has 0 radical (unpaired) electrons. The van der Waals surface area contributed by atoms with Crippen molar-refractivity contribution in [3.05, 3.63) is 47.3 Å². The molecule has 2 atom stereocenters. The molecule has 1 aromatic rings. The molecule has 0 N–H and O–H groups in total. The lowest BCUT2D eigenvalue weighted by Crippen LogP contribution is -2.44. The molecule has 1 aliphatic carbocycles.